The van der Waals surface area contributed by atoms with Crippen LogP contribution in [0.15, 0.2) is 29.3 Å². The summed E-state index contributed by atoms with van der Waals surface area (Å²) in [5.74, 6) is -0.0485. The van der Waals surface area contributed by atoms with Crippen LogP contribution in [-0.2, 0) is 19.6 Å². The van der Waals surface area contributed by atoms with E-state index in [1.165, 1.54) is 7.05 Å². The second kappa shape index (κ2) is 7.66. The fourth-order valence-electron chi connectivity index (χ4n) is 2.53. The number of rotatable bonds is 4. The van der Waals surface area contributed by atoms with Crippen LogP contribution in [0, 0.1) is 11.3 Å². The summed E-state index contributed by atoms with van der Waals surface area (Å²) in [4.78, 5) is 3.92. The van der Waals surface area contributed by atoms with Crippen LogP contribution in [0.1, 0.15) is 28.1 Å². The molecule has 6 nitrogen and oxygen atoms in total. The Morgan fingerprint density at radius 1 is 1.36 bits per heavy atom. The molecule has 2 aromatic heterocycles. The molecule has 0 spiro atoms. The van der Waals surface area contributed by atoms with Crippen molar-refractivity contribution in [2.45, 2.75) is 12.6 Å². The molecule has 28 heavy (non-hydrogen) atoms. The fourth-order valence-corrected chi connectivity index (χ4v) is 2.92. The minimum absolute atomic E-state index is 0.0485. The van der Waals surface area contributed by atoms with E-state index < -0.39 is 17.4 Å². The number of aryl methyl sites for hydroxylation is 1. The number of H-pyrrole nitrogens is 1. The number of nitriles is 1. The van der Waals surface area contributed by atoms with Crippen LogP contribution < -0.4 is 0 Å². The van der Waals surface area contributed by atoms with Crippen LogP contribution in [0.25, 0.3) is 0 Å². The van der Waals surface area contributed by atoms with Crippen molar-refractivity contribution in [2.24, 2.45) is 12.0 Å². The molecule has 0 amide bonds. The SMILES string of the molecule is Cn1nc(C(F)(F)F)c(C=Nc2n[nH]c(Cc3cccc(Cl)c3)c2C#N)c1Cl. The van der Waals surface area contributed by atoms with E-state index in [9.17, 15) is 18.4 Å². The summed E-state index contributed by atoms with van der Waals surface area (Å²) < 4.78 is 40.2. The van der Waals surface area contributed by atoms with Gasteiger partial charge in [0.2, 0.25) is 0 Å². The topological polar surface area (TPSA) is 82.7 Å². The number of alkyl halides is 3. The number of nitrogens with zero attached hydrogens (tertiary/aromatic N) is 5. The van der Waals surface area contributed by atoms with Crippen molar-refractivity contribution in [3.63, 3.8) is 0 Å². The average Bonchev–Trinajstić information content (AvgIpc) is 3.14. The molecule has 0 atom stereocenters. The van der Waals surface area contributed by atoms with Crippen molar-refractivity contribution in [2.75, 3.05) is 0 Å². The van der Waals surface area contributed by atoms with Crippen LogP contribution in [0.3, 0.4) is 0 Å². The Kier molecular flexibility index (Phi) is 5.45. The van der Waals surface area contributed by atoms with Gasteiger partial charge in [-0.3, -0.25) is 9.78 Å². The van der Waals surface area contributed by atoms with Gasteiger partial charge in [-0.05, 0) is 17.7 Å². The highest BCUT2D eigenvalue weighted by Gasteiger charge is 2.38. The van der Waals surface area contributed by atoms with Gasteiger partial charge in [0, 0.05) is 24.7 Å². The van der Waals surface area contributed by atoms with Crippen LogP contribution in [0.5, 0.6) is 0 Å². The first-order valence-corrected chi connectivity index (χ1v) is 8.52. The second-order valence-electron chi connectivity index (χ2n) is 5.75. The number of aromatic nitrogens is 4. The maximum Gasteiger partial charge on any atom is 0.435 e. The molecule has 0 bridgehead atoms. The Hall–Kier alpha value is -2.83. The van der Waals surface area contributed by atoms with Gasteiger partial charge in [0.25, 0.3) is 0 Å². The number of hydrogen-bond acceptors (Lipinski definition) is 4. The van der Waals surface area contributed by atoms with E-state index in [1.807, 2.05) is 12.1 Å². The molecule has 1 N–H and O–H groups in total. The van der Waals surface area contributed by atoms with Gasteiger partial charge >= 0.3 is 6.18 Å². The molecular weight excluding hydrogens is 416 g/mol. The maximum atomic E-state index is 13.1. The Morgan fingerprint density at radius 3 is 2.75 bits per heavy atom. The molecule has 0 saturated carbocycles. The predicted molar refractivity (Wildman–Crippen MR) is 98.0 cm³/mol. The van der Waals surface area contributed by atoms with Crippen LogP contribution >= 0.6 is 23.2 Å². The van der Waals surface area contributed by atoms with E-state index in [4.69, 9.17) is 23.2 Å². The minimum Gasteiger partial charge on any atom is -0.279 e. The zero-order valence-corrected chi connectivity index (χ0v) is 15.7. The molecule has 2 heterocycles. The zero-order chi connectivity index (χ0) is 20.5. The second-order valence-corrected chi connectivity index (χ2v) is 6.55. The van der Waals surface area contributed by atoms with Gasteiger partial charge in [-0.2, -0.15) is 28.6 Å². The van der Waals surface area contributed by atoms with Crippen molar-refractivity contribution in [3.8, 4) is 6.07 Å². The molecule has 11 heteroatoms. The van der Waals surface area contributed by atoms with Crippen molar-refractivity contribution in [3.05, 3.63) is 62.5 Å². The fraction of sp³-hybridized carbons (Fsp3) is 0.176. The first-order valence-electron chi connectivity index (χ1n) is 7.76. The largest absolute Gasteiger partial charge is 0.435 e. The number of aromatic amines is 1. The molecule has 0 saturated heterocycles. The quantitative estimate of drug-likeness (QED) is 0.614. The van der Waals surface area contributed by atoms with E-state index in [0.29, 0.717) is 17.1 Å². The van der Waals surface area contributed by atoms with E-state index in [1.54, 1.807) is 18.2 Å². The Labute approximate surface area is 167 Å². The maximum absolute atomic E-state index is 13.1. The number of benzene rings is 1. The highest BCUT2D eigenvalue weighted by atomic mass is 35.5. The molecule has 0 fully saturated rings. The molecule has 144 valence electrons. The van der Waals surface area contributed by atoms with Gasteiger partial charge in [0.05, 0.1) is 11.3 Å². The number of nitrogens with one attached hydrogen (secondary N) is 1. The van der Waals surface area contributed by atoms with Crippen molar-refractivity contribution >= 4 is 35.2 Å². The van der Waals surface area contributed by atoms with E-state index in [0.717, 1.165) is 16.5 Å². The van der Waals surface area contributed by atoms with E-state index >= 15 is 0 Å². The molecule has 0 unspecified atom stereocenters. The highest BCUT2D eigenvalue weighted by Crippen LogP contribution is 2.33. The average molecular weight is 427 g/mol. The van der Waals surface area contributed by atoms with Gasteiger partial charge < -0.3 is 0 Å². The van der Waals surface area contributed by atoms with Gasteiger partial charge in [0.15, 0.2) is 11.5 Å². The summed E-state index contributed by atoms with van der Waals surface area (Å²) in [6.07, 6.45) is -3.47. The lowest BCUT2D eigenvalue weighted by Gasteiger charge is -2.02. The number of aliphatic imine (C=N–C) groups is 1. The Morgan fingerprint density at radius 2 is 2.11 bits per heavy atom. The van der Waals surface area contributed by atoms with Gasteiger partial charge in [-0.25, -0.2) is 4.99 Å². The monoisotopic (exact) mass is 426 g/mol. The van der Waals surface area contributed by atoms with Crippen LogP contribution in [-0.4, -0.2) is 26.2 Å². The lowest BCUT2D eigenvalue weighted by Crippen LogP contribution is -2.09. The van der Waals surface area contributed by atoms with Crippen molar-refractivity contribution in [1.29, 1.82) is 5.26 Å². The summed E-state index contributed by atoms with van der Waals surface area (Å²) in [6.45, 7) is 0. The first-order chi connectivity index (χ1) is 13.2. The van der Waals surface area contributed by atoms with Gasteiger partial charge in [0.1, 0.15) is 16.8 Å². The summed E-state index contributed by atoms with van der Waals surface area (Å²) >= 11 is 11.8. The summed E-state index contributed by atoms with van der Waals surface area (Å²) in [5.41, 5.74) is -0.162. The smallest absolute Gasteiger partial charge is 0.279 e. The highest BCUT2D eigenvalue weighted by molar-refractivity contribution is 6.32. The lowest BCUT2D eigenvalue weighted by molar-refractivity contribution is -0.141. The third-order valence-electron chi connectivity index (χ3n) is 3.80. The van der Waals surface area contributed by atoms with Gasteiger partial charge in [-0.15, -0.1) is 0 Å². The molecule has 3 rings (SSSR count). The van der Waals surface area contributed by atoms with Crippen molar-refractivity contribution < 1.29 is 13.2 Å². The summed E-state index contributed by atoms with van der Waals surface area (Å²) in [5, 5.41) is 19.7. The summed E-state index contributed by atoms with van der Waals surface area (Å²) in [7, 11) is 1.28. The molecule has 3 aromatic rings. The first kappa shape index (κ1) is 19.9. The predicted octanol–water partition coefficient (Wildman–Crippen LogP) is 4.68. The molecule has 0 aliphatic carbocycles. The van der Waals surface area contributed by atoms with E-state index in [-0.39, 0.29) is 16.5 Å². The number of halogens is 5. The third kappa shape index (κ3) is 4.03. The molecule has 0 radical (unpaired) electrons. The molecule has 1 aromatic carbocycles. The molecule has 0 aliphatic rings. The molecular formula is C17H11Cl2F3N6. The normalized spacial score (nSPS) is 11.9. The van der Waals surface area contributed by atoms with Crippen LogP contribution in [0.2, 0.25) is 10.2 Å². The Balaban J connectivity index is 1.95. The van der Waals surface area contributed by atoms with Gasteiger partial charge in [-0.1, -0.05) is 35.3 Å². The minimum atomic E-state index is -4.70. The van der Waals surface area contributed by atoms with Crippen molar-refractivity contribution in [1.82, 2.24) is 20.0 Å². The van der Waals surface area contributed by atoms with Crippen LogP contribution in [0.4, 0.5) is 19.0 Å². The zero-order valence-electron chi connectivity index (χ0n) is 14.2. The third-order valence-corrected chi connectivity index (χ3v) is 4.48. The number of hydrogen-bond donors (Lipinski definition) is 1. The Bertz CT molecular complexity index is 1090. The lowest BCUT2D eigenvalue weighted by atomic mass is 10.1. The van der Waals surface area contributed by atoms with E-state index in [2.05, 4.69) is 20.3 Å². The standard InChI is InChI=1S/C17H11Cl2F3N6/c1-28-15(19)12(14(27-28)17(20,21)22)8-24-16-11(7-23)13(25-26-16)6-9-3-2-4-10(18)5-9/h2-5,8H,6H2,1H3,(H,25,26). The summed E-state index contributed by atoms with van der Waals surface area (Å²) in [6, 6.07) is 9.00. The molecule has 0 aliphatic heterocycles.